The number of aliphatic hydroxyl groups excluding tert-OH is 1. The lowest BCUT2D eigenvalue weighted by molar-refractivity contribution is -0.143. The van der Waals surface area contributed by atoms with Gasteiger partial charge in [0.15, 0.2) is 11.6 Å². The van der Waals surface area contributed by atoms with Gasteiger partial charge in [-0.3, -0.25) is 9.59 Å². The van der Waals surface area contributed by atoms with Gasteiger partial charge < -0.3 is 14.7 Å². The Kier molecular flexibility index (Phi) is 7.61. The second-order valence-corrected chi connectivity index (χ2v) is 4.93. The van der Waals surface area contributed by atoms with Crippen molar-refractivity contribution in [1.82, 2.24) is 4.90 Å². The first-order chi connectivity index (χ1) is 10.9. The maximum atomic E-state index is 13.3. The molecular weight excluding hydrogens is 308 g/mol. The van der Waals surface area contributed by atoms with Crippen molar-refractivity contribution in [3.63, 3.8) is 0 Å². The number of benzene rings is 1. The average Bonchev–Trinajstić information content (AvgIpc) is 2.53. The number of amides is 1. The number of hydrogen-bond acceptors (Lipinski definition) is 4. The summed E-state index contributed by atoms with van der Waals surface area (Å²) in [6.45, 7) is 3.40. The van der Waals surface area contributed by atoms with E-state index in [-0.39, 0.29) is 31.7 Å². The van der Waals surface area contributed by atoms with Gasteiger partial charge in [0, 0.05) is 12.1 Å². The highest BCUT2D eigenvalue weighted by Gasteiger charge is 2.24. The summed E-state index contributed by atoms with van der Waals surface area (Å²) in [6.07, 6.45) is 0.411. The van der Waals surface area contributed by atoms with Gasteiger partial charge in [-0.05, 0) is 31.5 Å². The van der Waals surface area contributed by atoms with Crippen LogP contribution in [-0.2, 0) is 9.53 Å². The van der Waals surface area contributed by atoms with Crippen molar-refractivity contribution in [2.75, 3.05) is 19.8 Å². The Hall–Kier alpha value is -2.02. The van der Waals surface area contributed by atoms with E-state index >= 15 is 0 Å². The number of ether oxygens (including phenoxy) is 1. The number of nitrogens with zero attached hydrogens (tertiary/aromatic N) is 1. The molecule has 1 aromatic rings. The van der Waals surface area contributed by atoms with Crippen LogP contribution >= 0.6 is 0 Å². The molecule has 1 aromatic carbocycles. The lowest BCUT2D eigenvalue weighted by Gasteiger charge is -2.30. The Morgan fingerprint density at radius 3 is 2.48 bits per heavy atom. The normalized spacial score (nSPS) is 11.9. The van der Waals surface area contributed by atoms with Gasteiger partial charge in [0.2, 0.25) is 0 Å². The van der Waals surface area contributed by atoms with Crippen molar-refractivity contribution in [1.29, 1.82) is 0 Å². The SMILES string of the molecule is CCOC(=O)CCN(C(=O)c1ccc(F)c(F)c1)C(CC)CO. The van der Waals surface area contributed by atoms with Gasteiger partial charge in [-0.2, -0.15) is 0 Å². The molecule has 1 atom stereocenters. The number of rotatable bonds is 8. The Morgan fingerprint density at radius 1 is 1.26 bits per heavy atom. The Morgan fingerprint density at radius 2 is 1.96 bits per heavy atom. The Balaban J connectivity index is 2.95. The number of aliphatic hydroxyl groups is 1. The lowest BCUT2D eigenvalue weighted by Crippen LogP contribution is -2.43. The van der Waals surface area contributed by atoms with Crippen molar-refractivity contribution in [2.24, 2.45) is 0 Å². The summed E-state index contributed by atoms with van der Waals surface area (Å²) >= 11 is 0. The summed E-state index contributed by atoms with van der Waals surface area (Å²) in [5.74, 6) is -3.22. The van der Waals surface area contributed by atoms with Crippen molar-refractivity contribution in [3.8, 4) is 0 Å². The smallest absolute Gasteiger partial charge is 0.307 e. The van der Waals surface area contributed by atoms with Gasteiger partial charge in [0.1, 0.15) is 0 Å². The van der Waals surface area contributed by atoms with E-state index in [1.54, 1.807) is 13.8 Å². The average molecular weight is 329 g/mol. The molecule has 0 bridgehead atoms. The molecule has 1 rings (SSSR count). The van der Waals surface area contributed by atoms with Gasteiger partial charge >= 0.3 is 5.97 Å². The van der Waals surface area contributed by atoms with Crippen LogP contribution < -0.4 is 0 Å². The molecular formula is C16H21F2NO4. The van der Waals surface area contributed by atoms with Crippen molar-refractivity contribution < 1.29 is 28.2 Å². The summed E-state index contributed by atoms with van der Waals surface area (Å²) < 4.78 is 31.1. The predicted octanol–water partition coefficient (Wildman–Crippen LogP) is 2.13. The van der Waals surface area contributed by atoms with Gasteiger partial charge in [-0.15, -0.1) is 0 Å². The zero-order valence-electron chi connectivity index (χ0n) is 13.2. The number of hydrogen-bond donors (Lipinski definition) is 1. The first-order valence-electron chi connectivity index (χ1n) is 7.47. The highest BCUT2D eigenvalue weighted by molar-refractivity contribution is 5.94. The highest BCUT2D eigenvalue weighted by atomic mass is 19.2. The molecule has 0 aromatic heterocycles. The second-order valence-electron chi connectivity index (χ2n) is 4.93. The summed E-state index contributed by atoms with van der Waals surface area (Å²) in [5, 5.41) is 9.42. The molecule has 0 saturated carbocycles. The van der Waals surface area contributed by atoms with Crippen LogP contribution in [0.5, 0.6) is 0 Å². The number of esters is 1. The van der Waals surface area contributed by atoms with E-state index in [9.17, 15) is 23.5 Å². The maximum absolute atomic E-state index is 13.3. The molecule has 5 nitrogen and oxygen atoms in total. The molecule has 0 radical (unpaired) electrons. The van der Waals surface area contributed by atoms with Crippen LogP contribution in [0.25, 0.3) is 0 Å². The van der Waals surface area contributed by atoms with Crippen molar-refractivity contribution in [2.45, 2.75) is 32.7 Å². The third-order valence-corrected chi connectivity index (χ3v) is 3.41. The standard InChI is InChI=1S/C16H21F2NO4/c1-3-12(10-20)19(8-7-15(21)23-4-2)16(22)11-5-6-13(17)14(18)9-11/h5-6,9,12,20H,3-4,7-8,10H2,1-2H3. The molecule has 0 spiro atoms. The number of carbonyl (C=O) groups is 2. The molecule has 0 aliphatic heterocycles. The molecule has 0 fully saturated rings. The van der Waals surface area contributed by atoms with Crippen LogP contribution in [0, 0.1) is 11.6 Å². The largest absolute Gasteiger partial charge is 0.466 e. The first kappa shape index (κ1) is 19.0. The third-order valence-electron chi connectivity index (χ3n) is 3.41. The van der Waals surface area contributed by atoms with Crippen molar-refractivity contribution in [3.05, 3.63) is 35.4 Å². The predicted molar refractivity (Wildman–Crippen MR) is 79.8 cm³/mol. The molecule has 128 valence electrons. The summed E-state index contributed by atoms with van der Waals surface area (Å²) in [5.41, 5.74) is -0.0420. The van der Waals surface area contributed by atoms with E-state index in [1.807, 2.05) is 0 Å². The zero-order valence-corrected chi connectivity index (χ0v) is 13.2. The lowest BCUT2D eigenvalue weighted by atomic mass is 10.1. The highest BCUT2D eigenvalue weighted by Crippen LogP contribution is 2.15. The van der Waals surface area contributed by atoms with Crippen LogP contribution in [0.1, 0.15) is 37.0 Å². The quantitative estimate of drug-likeness (QED) is 0.742. The maximum Gasteiger partial charge on any atom is 0.307 e. The van der Waals surface area contributed by atoms with Crippen molar-refractivity contribution >= 4 is 11.9 Å². The molecule has 0 heterocycles. The van der Waals surface area contributed by atoms with E-state index in [0.29, 0.717) is 6.42 Å². The fourth-order valence-electron chi connectivity index (χ4n) is 2.14. The van der Waals surface area contributed by atoms with Crippen LogP contribution in [0.2, 0.25) is 0 Å². The topological polar surface area (TPSA) is 66.8 Å². The zero-order chi connectivity index (χ0) is 17.4. The summed E-state index contributed by atoms with van der Waals surface area (Å²) in [7, 11) is 0. The Bertz CT molecular complexity index is 547. The molecule has 0 aliphatic rings. The van der Waals surface area contributed by atoms with E-state index in [1.165, 1.54) is 11.0 Å². The van der Waals surface area contributed by atoms with E-state index in [4.69, 9.17) is 4.74 Å². The monoisotopic (exact) mass is 329 g/mol. The van der Waals surface area contributed by atoms with Crippen LogP contribution in [0.3, 0.4) is 0 Å². The number of carbonyl (C=O) groups excluding carboxylic acids is 2. The van der Waals surface area contributed by atoms with E-state index in [2.05, 4.69) is 0 Å². The fourth-order valence-corrected chi connectivity index (χ4v) is 2.14. The third kappa shape index (κ3) is 5.28. The first-order valence-corrected chi connectivity index (χ1v) is 7.47. The minimum Gasteiger partial charge on any atom is -0.466 e. The van der Waals surface area contributed by atoms with E-state index < -0.39 is 29.6 Å². The number of halogens is 2. The molecule has 1 N–H and O–H groups in total. The molecule has 0 saturated heterocycles. The molecule has 0 aliphatic carbocycles. The molecule has 23 heavy (non-hydrogen) atoms. The van der Waals surface area contributed by atoms with Crippen LogP contribution in [0.15, 0.2) is 18.2 Å². The second kappa shape index (κ2) is 9.19. The molecule has 7 heteroatoms. The van der Waals surface area contributed by atoms with Crippen LogP contribution in [0.4, 0.5) is 8.78 Å². The van der Waals surface area contributed by atoms with Gasteiger partial charge in [-0.1, -0.05) is 6.92 Å². The van der Waals surface area contributed by atoms with Gasteiger partial charge in [0.25, 0.3) is 5.91 Å². The summed E-state index contributed by atoms with van der Waals surface area (Å²) in [4.78, 5) is 25.3. The molecule has 1 unspecified atom stereocenters. The minimum absolute atomic E-state index is 0.0235. The molecule has 1 amide bonds. The fraction of sp³-hybridized carbons (Fsp3) is 0.500. The summed E-state index contributed by atoms with van der Waals surface area (Å²) in [6, 6.07) is 2.32. The van der Waals surface area contributed by atoms with Gasteiger partial charge in [-0.25, -0.2) is 8.78 Å². The van der Waals surface area contributed by atoms with Crippen LogP contribution in [-0.4, -0.2) is 47.7 Å². The van der Waals surface area contributed by atoms with E-state index in [0.717, 1.165) is 12.1 Å². The van der Waals surface area contributed by atoms with Gasteiger partial charge in [0.05, 0.1) is 25.7 Å². The minimum atomic E-state index is -1.13. The Labute approximate surface area is 133 Å².